The number of methoxy groups -OCH3 is 1. The van der Waals surface area contributed by atoms with Crippen LogP contribution in [0, 0.1) is 0 Å². The summed E-state index contributed by atoms with van der Waals surface area (Å²) in [6, 6.07) is 16.4. The molecule has 104 valence electrons. The highest BCUT2D eigenvalue weighted by Gasteiger charge is 2.16. The molecule has 0 saturated carbocycles. The lowest BCUT2D eigenvalue weighted by Crippen LogP contribution is -2.10. The lowest BCUT2D eigenvalue weighted by Gasteiger charge is -2.06. The number of ether oxygens (including phenoxy) is 1. The maximum atomic E-state index is 12.6. The van der Waals surface area contributed by atoms with E-state index in [9.17, 15) is 4.79 Å². The Balaban J connectivity index is 1.97. The van der Waals surface area contributed by atoms with E-state index in [0.717, 1.165) is 5.69 Å². The van der Waals surface area contributed by atoms with Crippen LogP contribution in [0.1, 0.15) is 16.1 Å². The van der Waals surface area contributed by atoms with E-state index in [4.69, 9.17) is 4.74 Å². The molecule has 0 aliphatic carbocycles. The molecule has 0 atom stereocenters. The summed E-state index contributed by atoms with van der Waals surface area (Å²) in [4.78, 5) is 12.6. The van der Waals surface area contributed by atoms with Crippen molar-refractivity contribution in [1.82, 2.24) is 15.0 Å². The Morgan fingerprint density at radius 1 is 1.05 bits per heavy atom. The Labute approximate surface area is 121 Å². The second-order valence-corrected chi connectivity index (χ2v) is 4.42. The summed E-state index contributed by atoms with van der Waals surface area (Å²) in [5.41, 5.74) is 1.79. The van der Waals surface area contributed by atoms with Crippen LogP contribution in [0.3, 0.4) is 0 Å². The van der Waals surface area contributed by atoms with Crippen molar-refractivity contribution < 1.29 is 9.53 Å². The summed E-state index contributed by atoms with van der Waals surface area (Å²) in [6.45, 7) is 0. The highest BCUT2D eigenvalue weighted by molar-refractivity contribution is 6.08. The minimum atomic E-state index is -0.133. The van der Waals surface area contributed by atoms with E-state index in [1.54, 1.807) is 31.4 Å². The molecule has 3 aromatic rings. The molecule has 0 aliphatic rings. The second-order valence-electron chi connectivity index (χ2n) is 4.42. The van der Waals surface area contributed by atoms with Crippen molar-refractivity contribution in [2.45, 2.75) is 0 Å². The molecule has 0 fully saturated rings. The van der Waals surface area contributed by atoms with Gasteiger partial charge in [-0.3, -0.25) is 4.79 Å². The monoisotopic (exact) mass is 279 g/mol. The van der Waals surface area contributed by atoms with Crippen molar-refractivity contribution in [3.8, 4) is 11.4 Å². The van der Waals surface area contributed by atoms with Gasteiger partial charge in [-0.15, -0.1) is 5.10 Å². The summed E-state index contributed by atoms with van der Waals surface area (Å²) in [7, 11) is 1.59. The predicted molar refractivity (Wildman–Crippen MR) is 77.8 cm³/mol. The first-order valence-corrected chi connectivity index (χ1v) is 6.44. The number of para-hydroxylation sites is 1. The number of hydrogen-bond acceptors (Lipinski definition) is 4. The van der Waals surface area contributed by atoms with Gasteiger partial charge in [-0.1, -0.05) is 23.4 Å². The number of aromatic nitrogens is 3. The van der Waals surface area contributed by atoms with Gasteiger partial charge in [0.1, 0.15) is 11.4 Å². The minimum Gasteiger partial charge on any atom is -0.497 e. The van der Waals surface area contributed by atoms with E-state index in [2.05, 4.69) is 10.3 Å². The second kappa shape index (κ2) is 5.58. The molecular formula is C16H13N3O2. The van der Waals surface area contributed by atoms with E-state index < -0.39 is 0 Å². The summed E-state index contributed by atoms with van der Waals surface area (Å²) in [5, 5.41) is 7.83. The zero-order valence-electron chi connectivity index (χ0n) is 11.4. The number of hydrogen-bond donors (Lipinski definition) is 0. The van der Waals surface area contributed by atoms with Crippen molar-refractivity contribution in [3.05, 3.63) is 72.1 Å². The Hall–Kier alpha value is -2.95. The van der Waals surface area contributed by atoms with E-state index in [1.165, 1.54) is 10.9 Å². The number of rotatable bonds is 4. The van der Waals surface area contributed by atoms with Crippen LogP contribution >= 0.6 is 0 Å². The van der Waals surface area contributed by atoms with Crippen LogP contribution in [-0.4, -0.2) is 27.9 Å². The normalized spacial score (nSPS) is 10.3. The van der Waals surface area contributed by atoms with Gasteiger partial charge >= 0.3 is 0 Å². The van der Waals surface area contributed by atoms with Gasteiger partial charge in [-0.25, -0.2) is 4.68 Å². The fourth-order valence-electron chi connectivity index (χ4n) is 2.04. The smallest absolute Gasteiger partial charge is 0.213 e. The van der Waals surface area contributed by atoms with Crippen LogP contribution in [-0.2, 0) is 0 Å². The molecule has 1 aromatic heterocycles. The van der Waals surface area contributed by atoms with Crippen LogP contribution in [0.25, 0.3) is 5.69 Å². The maximum absolute atomic E-state index is 12.6. The Kier molecular flexibility index (Phi) is 3.47. The van der Waals surface area contributed by atoms with Crippen LogP contribution < -0.4 is 4.74 Å². The summed E-state index contributed by atoms with van der Waals surface area (Å²) >= 11 is 0. The topological polar surface area (TPSA) is 57.0 Å². The first-order valence-electron chi connectivity index (χ1n) is 6.44. The van der Waals surface area contributed by atoms with Crippen LogP contribution in [0.15, 0.2) is 60.8 Å². The fourth-order valence-corrected chi connectivity index (χ4v) is 2.04. The molecule has 0 amide bonds. The van der Waals surface area contributed by atoms with Gasteiger partial charge in [0.15, 0.2) is 0 Å². The number of carbonyl (C=O) groups is 1. The summed E-state index contributed by atoms with van der Waals surface area (Å²) in [5.74, 6) is 0.577. The Morgan fingerprint density at radius 2 is 1.76 bits per heavy atom. The summed E-state index contributed by atoms with van der Waals surface area (Å²) in [6.07, 6.45) is 1.47. The molecule has 0 spiro atoms. The van der Waals surface area contributed by atoms with Gasteiger partial charge < -0.3 is 4.74 Å². The van der Waals surface area contributed by atoms with Gasteiger partial charge in [0.05, 0.1) is 19.0 Å². The number of benzene rings is 2. The first kappa shape index (κ1) is 13.1. The van der Waals surface area contributed by atoms with Gasteiger partial charge in [0.2, 0.25) is 5.78 Å². The molecular weight excluding hydrogens is 266 g/mol. The van der Waals surface area contributed by atoms with Crippen LogP contribution in [0.2, 0.25) is 0 Å². The van der Waals surface area contributed by atoms with Crippen molar-refractivity contribution >= 4 is 5.78 Å². The molecule has 0 unspecified atom stereocenters. The van der Waals surface area contributed by atoms with Crippen molar-refractivity contribution in [3.63, 3.8) is 0 Å². The standard InChI is InChI=1S/C16H13N3O2/c1-21-14-9-7-12(8-10-14)16(20)15-11-17-18-19(15)13-5-3-2-4-6-13/h2-11H,1H3. The summed E-state index contributed by atoms with van der Waals surface area (Å²) < 4.78 is 6.63. The quantitative estimate of drug-likeness (QED) is 0.688. The Morgan fingerprint density at radius 3 is 2.43 bits per heavy atom. The number of nitrogens with zero attached hydrogens (tertiary/aromatic N) is 3. The van der Waals surface area contributed by atoms with Gasteiger partial charge in [-0.05, 0) is 36.4 Å². The highest BCUT2D eigenvalue weighted by atomic mass is 16.5. The molecule has 5 nitrogen and oxygen atoms in total. The highest BCUT2D eigenvalue weighted by Crippen LogP contribution is 2.16. The van der Waals surface area contributed by atoms with Crippen LogP contribution in [0.5, 0.6) is 5.75 Å². The SMILES string of the molecule is COc1ccc(C(=O)c2cnnn2-c2ccccc2)cc1. The number of carbonyl (C=O) groups excluding carboxylic acids is 1. The van der Waals surface area contributed by atoms with Crippen molar-refractivity contribution in [1.29, 1.82) is 0 Å². The van der Waals surface area contributed by atoms with E-state index in [-0.39, 0.29) is 5.78 Å². The van der Waals surface area contributed by atoms with E-state index >= 15 is 0 Å². The molecule has 2 aromatic carbocycles. The van der Waals surface area contributed by atoms with Gasteiger partial charge in [0, 0.05) is 5.56 Å². The third-order valence-electron chi connectivity index (χ3n) is 3.13. The zero-order valence-corrected chi connectivity index (χ0v) is 11.4. The molecule has 1 heterocycles. The third kappa shape index (κ3) is 2.53. The number of ketones is 1. The molecule has 3 rings (SSSR count). The largest absolute Gasteiger partial charge is 0.497 e. The molecule has 0 aliphatic heterocycles. The van der Waals surface area contributed by atoms with E-state index in [0.29, 0.717) is 17.0 Å². The van der Waals surface area contributed by atoms with Crippen LogP contribution in [0.4, 0.5) is 0 Å². The maximum Gasteiger partial charge on any atom is 0.213 e. The average molecular weight is 279 g/mol. The van der Waals surface area contributed by atoms with Crippen molar-refractivity contribution in [2.75, 3.05) is 7.11 Å². The average Bonchev–Trinajstić information content (AvgIpc) is 3.04. The van der Waals surface area contributed by atoms with Gasteiger partial charge in [-0.2, -0.15) is 0 Å². The lowest BCUT2D eigenvalue weighted by molar-refractivity contribution is 0.103. The molecule has 0 saturated heterocycles. The molecule has 0 N–H and O–H groups in total. The fraction of sp³-hybridized carbons (Fsp3) is 0.0625. The third-order valence-corrected chi connectivity index (χ3v) is 3.13. The molecule has 0 bridgehead atoms. The Bertz CT molecular complexity index is 749. The molecule has 0 radical (unpaired) electrons. The van der Waals surface area contributed by atoms with Crippen molar-refractivity contribution in [2.24, 2.45) is 0 Å². The zero-order chi connectivity index (χ0) is 14.7. The van der Waals surface area contributed by atoms with Gasteiger partial charge in [0.25, 0.3) is 0 Å². The van der Waals surface area contributed by atoms with E-state index in [1.807, 2.05) is 30.3 Å². The molecule has 21 heavy (non-hydrogen) atoms. The lowest BCUT2D eigenvalue weighted by atomic mass is 10.1. The first-order chi connectivity index (χ1) is 10.3. The minimum absolute atomic E-state index is 0.133. The predicted octanol–water partition coefficient (Wildman–Crippen LogP) is 2.51. The molecule has 5 heteroatoms.